The van der Waals surface area contributed by atoms with Crippen LogP contribution in [0, 0.1) is 17.2 Å². The van der Waals surface area contributed by atoms with Gasteiger partial charge in [-0.3, -0.25) is 0 Å². The van der Waals surface area contributed by atoms with Crippen LogP contribution in [-0.4, -0.2) is 6.61 Å². The second kappa shape index (κ2) is 5.26. The number of hydrogen-bond acceptors (Lipinski definition) is 3. The molecule has 1 rings (SSSR count). The Morgan fingerprint density at radius 2 is 2.27 bits per heavy atom. The molecule has 0 saturated heterocycles. The van der Waals surface area contributed by atoms with Gasteiger partial charge in [-0.1, -0.05) is 20.3 Å². The lowest BCUT2D eigenvalue weighted by Crippen LogP contribution is -2.08. The molecule has 0 spiro atoms. The summed E-state index contributed by atoms with van der Waals surface area (Å²) in [6.07, 6.45) is 1.07. The second-order valence-electron chi connectivity index (χ2n) is 3.69. The minimum Gasteiger partial charge on any atom is -0.492 e. The number of rotatable bonds is 4. The summed E-state index contributed by atoms with van der Waals surface area (Å²) in [5.74, 6) is 1.11. The Balaban J connectivity index is 2.73. The Morgan fingerprint density at radius 3 is 2.87 bits per heavy atom. The van der Waals surface area contributed by atoms with Crippen LogP contribution in [-0.2, 0) is 0 Å². The van der Waals surface area contributed by atoms with Crippen molar-refractivity contribution in [2.45, 2.75) is 20.3 Å². The van der Waals surface area contributed by atoms with E-state index in [0.717, 1.165) is 6.42 Å². The highest BCUT2D eigenvalue weighted by molar-refractivity contribution is 5.53. The number of anilines is 1. The van der Waals surface area contributed by atoms with Crippen LogP contribution in [0.3, 0.4) is 0 Å². The van der Waals surface area contributed by atoms with Crippen LogP contribution in [0.4, 0.5) is 5.69 Å². The van der Waals surface area contributed by atoms with Crippen molar-refractivity contribution in [2.75, 3.05) is 12.3 Å². The molecular weight excluding hydrogens is 188 g/mol. The molecule has 3 heteroatoms. The average molecular weight is 204 g/mol. The first kappa shape index (κ1) is 11.4. The third kappa shape index (κ3) is 3.17. The zero-order valence-electron chi connectivity index (χ0n) is 9.16. The molecule has 0 aliphatic rings. The average Bonchev–Trinajstić information content (AvgIpc) is 2.26. The van der Waals surface area contributed by atoms with Gasteiger partial charge in [-0.25, -0.2) is 0 Å². The van der Waals surface area contributed by atoms with Gasteiger partial charge in [0.1, 0.15) is 11.8 Å². The smallest absolute Gasteiger partial charge is 0.137 e. The molecule has 2 N–H and O–H groups in total. The van der Waals surface area contributed by atoms with Gasteiger partial charge in [0.15, 0.2) is 0 Å². The van der Waals surface area contributed by atoms with E-state index >= 15 is 0 Å². The molecule has 3 nitrogen and oxygen atoms in total. The van der Waals surface area contributed by atoms with E-state index < -0.39 is 0 Å². The standard InChI is InChI=1S/C12H16N2O/c1-3-9(2)8-15-12-5-4-11(14)6-10(12)7-13/h4-6,9H,3,8,14H2,1-2H3. The SMILES string of the molecule is CCC(C)COc1ccc(N)cc1C#N. The number of hydrogen-bond donors (Lipinski definition) is 1. The minimum absolute atomic E-state index is 0.495. The molecular formula is C12H16N2O. The molecule has 0 amide bonds. The van der Waals surface area contributed by atoms with Crippen molar-refractivity contribution in [2.24, 2.45) is 5.92 Å². The van der Waals surface area contributed by atoms with Crippen molar-refractivity contribution < 1.29 is 4.74 Å². The first-order valence-corrected chi connectivity index (χ1v) is 5.09. The van der Waals surface area contributed by atoms with Crippen LogP contribution < -0.4 is 10.5 Å². The van der Waals surface area contributed by atoms with Gasteiger partial charge < -0.3 is 10.5 Å². The maximum absolute atomic E-state index is 8.88. The highest BCUT2D eigenvalue weighted by Gasteiger charge is 2.05. The molecule has 1 atom stereocenters. The first-order valence-electron chi connectivity index (χ1n) is 5.09. The predicted molar refractivity (Wildman–Crippen MR) is 60.5 cm³/mol. The van der Waals surface area contributed by atoms with Crippen LogP contribution in [0.2, 0.25) is 0 Å². The van der Waals surface area contributed by atoms with Crippen molar-refractivity contribution in [3.05, 3.63) is 23.8 Å². The fraction of sp³-hybridized carbons (Fsp3) is 0.417. The quantitative estimate of drug-likeness (QED) is 0.767. The Labute approximate surface area is 90.5 Å². The number of nitrogens with zero attached hydrogens (tertiary/aromatic N) is 1. The van der Waals surface area contributed by atoms with Crippen LogP contribution in [0.1, 0.15) is 25.8 Å². The van der Waals surface area contributed by atoms with Crippen molar-refractivity contribution in [3.8, 4) is 11.8 Å². The summed E-state index contributed by atoms with van der Waals surface area (Å²) in [7, 11) is 0. The lowest BCUT2D eigenvalue weighted by Gasteiger charge is -2.12. The number of nitriles is 1. The number of nitrogens with two attached hydrogens (primary N) is 1. The summed E-state index contributed by atoms with van der Waals surface area (Å²) in [5, 5.41) is 8.88. The van der Waals surface area contributed by atoms with Gasteiger partial charge in [0.05, 0.1) is 12.2 Å². The highest BCUT2D eigenvalue weighted by Crippen LogP contribution is 2.21. The zero-order valence-corrected chi connectivity index (χ0v) is 9.16. The normalized spacial score (nSPS) is 11.8. The lowest BCUT2D eigenvalue weighted by molar-refractivity contribution is 0.256. The van der Waals surface area contributed by atoms with Gasteiger partial charge in [-0.05, 0) is 24.1 Å². The van der Waals surface area contributed by atoms with Crippen molar-refractivity contribution in [1.82, 2.24) is 0 Å². The summed E-state index contributed by atoms with van der Waals surface area (Å²) < 4.78 is 5.56. The fourth-order valence-corrected chi connectivity index (χ4v) is 1.11. The molecule has 0 aliphatic heterocycles. The highest BCUT2D eigenvalue weighted by atomic mass is 16.5. The van der Waals surface area contributed by atoms with E-state index in [4.69, 9.17) is 15.7 Å². The third-order valence-electron chi connectivity index (χ3n) is 2.34. The van der Waals surface area contributed by atoms with Crippen LogP contribution >= 0.6 is 0 Å². The summed E-state index contributed by atoms with van der Waals surface area (Å²) in [6.45, 7) is 4.86. The maximum atomic E-state index is 8.88. The molecule has 0 aliphatic carbocycles. The first-order chi connectivity index (χ1) is 7.17. The van der Waals surface area contributed by atoms with Crippen LogP contribution in [0.15, 0.2) is 18.2 Å². The number of benzene rings is 1. The molecule has 80 valence electrons. The summed E-state index contributed by atoms with van der Waals surface area (Å²) in [5.41, 5.74) is 6.66. The molecule has 0 radical (unpaired) electrons. The lowest BCUT2D eigenvalue weighted by atomic mass is 10.1. The van der Waals surface area contributed by atoms with Crippen LogP contribution in [0.5, 0.6) is 5.75 Å². The Bertz CT molecular complexity index is 368. The Morgan fingerprint density at radius 1 is 1.53 bits per heavy atom. The van der Waals surface area contributed by atoms with Crippen molar-refractivity contribution >= 4 is 5.69 Å². The monoisotopic (exact) mass is 204 g/mol. The largest absolute Gasteiger partial charge is 0.492 e. The zero-order chi connectivity index (χ0) is 11.3. The van der Waals surface area contributed by atoms with Crippen molar-refractivity contribution in [1.29, 1.82) is 5.26 Å². The molecule has 1 aromatic rings. The van der Waals surface area contributed by atoms with Gasteiger partial charge in [-0.2, -0.15) is 5.26 Å². The Kier molecular flexibility index (Phi) is 3.99. The maximum Gasteiger partial charge on any atom is 0.137 e. The minimum atomic E-state index is 0.495. The van der Waals surface area contributed by atoms with Gasteiger partial charge in [0.2, 0.25) is 0 Å². The molecule has 15 heavy (non-hydrogen) atoms. The third-order valence-corrected chi connectivity index (χ3v) is 2.34. The molecule has 0 saturated carbocycles. The molecule has 0 fully saturated rings. The molecule has 0 bridgehead atoms. The second-order valence-corrected chi connectivity index (χ2v) is 3.69. The van der Waals surface area contributed by atoms with Gasteiger partial charge in [0.25, 0.3) is 0 Å². The van der Waals surface area contributed by atoms with Gasteiger partial charge in [-0.15, -0.1) is 0 Å². The van der Waals surface area contributed by atoms with Gasteiger partial charge >= 0.3 is 0 Å². The van der Waals surface area contributed by atoms with E-state index in [2.05, 4.69) is 19.9 Å². The Hall–Kier alpha value is -1.69. The van der Waals surface area contributed by atoms with E-state index in [1.807, 2.05) is 0 Å². The van der Waals surface area contributed by atoms with E-state index in [1.165, 1.54) is 0 Å². The van der Waals surface area contributed by atoms with Gasteiger partial charge in [0, 0.05) is 5.69 Å². The molecule has 0 heterocycles. The molecule has 1 aromatic carbocycles. The van der Waals surface area contributed by atoms with Crippen LogP contribution in [0.25, 0.3) is 0 Å². The molecule has 1 unspecified atom stereocenters. The van der Waals surface area contributed by atoms with E-state index in [-0.39, 0.29) is 0 Å². The van der Waals surface area contributed by atoms with E-state index in [0.29, 0.717) is 29.5 Å². The summed E-state index contributed by atoms with van der Waals surface area (Å²) in [4.78, 5) is 0. The van der Waals surface area contributed by atoms with E-state index in [1.54, 1.807) is 18.2 Å². The molecule has 0 aromatic heterocycles. The van der Waals surface area contributed by atoms with E-state index in [9.17, 15) is 0 Å². The fourth-order valence-electron chi connectivity index (χ4n) is 1.11. The summed E-state index contributed by atoms with van der Waals surface area (Å²) in [6, 6.07) is 7.19. The topological polar surface area (TPSA) is 59.0 Å². The summed E-state index contributed by atoms with van der Waals surface area (Å²) >= 11 is 0. The van der Waals surface area contributed by atoms with Crippen molar-refractivity contribution in [3.63, 3.8) is 0 Å². The predicted octanol–water partition coefficient (Wildman–Crippen LogP) is 2.57. The number of ether oxygens (including phenoxy) is 1. The number of nitrogen functional groups attached to an aromatic ring is 1.